The minimum atomic E-state index is 0.302. The molecule has 1 saturated heterocycles. The van der Waals surface area contributed by atoms with E-state index in [1.165, 1.54) is 19.3 Å². The molecule has 2 aliphatic rings. The molecule has 1 heterocycles. The van der Waals surface area contributed by atoms with Gasteiger partial charge in [-0.3, -0.25) is 0 Å². The van der Waals surface area contributed by atoms with Gasteiger partial charge < -0.3 is 10.5 Å². The quantitative estimate of drug-likeness (QED) is 0.650. The van der Waals surface area contributed by atoms with Crippen LogP contribution in [-0.2, 0) is 4.74 Å². The van der Waals surface area contributed by atoms with Crippen molar-refractivity contribution in [3.63, 3.8) is 0 Å². The van der Waals surface area contributed by atoms with Gasteiger partial charge in [0.15, 0.2) is 0 Å². The van der Waals surface area contributed by atoms with Crippen molar-refractivity contribution in [1.82, 2.24) is 0 Å². The van der Waals surface area contributed by atoms with Gasteiger partial charge in [-0.15, -0.1) is 0 Å². The maximum absolute atomic E-state index is 6.01. The molecule has 2 heteroatoms. The largest absolute Gasteiger partial charge is 0.381 e. The van der Waals surface area contributed by atoms with Gasteiger partial charge in [0.1, 0.15) is 0 Å². The number of rotatable bonds is 1. The fourth-order valence-corrected chi connectivity index (χ4v) is 2.73. The highest BCUT2D eigenvalue weighted by Crippen LogP contribution is 2.32. The van der Waals surface area contributed by atoms with Crippen LogP contribution in [0.15, 0.2) is 11.6 Å². The van der Waals surface area contributed by atoms with Gasteiger partial charge in [0.2, 0.25) is 0 Å². The number of hydrogen-bond acceptors (Lipinski definition) is 2. The van der Waals surface area contributed by atoms with Crippen LogP contribution in [0.5, 0.6) is 0 Å². The predicted molar refractivity (Wildman–Crippen MR) is 58.0 cm³/mol. The Morgan fingerprint density at radius 2 is 2.07 bits per heavy atom. The lowest BCUT2D eigenvalue weighted by molar-refractivity contribution is 0.0738. The van der Waals surface area contributed by atoms with Crippen LogP contribution in [0.2, 0.25) is 0 Å². The van der Waals surface area contributed by atoms with Crippen LogP contribution in [0.3, 0.4) is 0 Å². The van der Waals surface area contributed by atoms with Gasteiger partial charge >= 0.3 is 0 Å². The van der Waals surface area contributed by atoms with E-state index in [-0.39, 0.29) is 0 Å². The number of ether oxygens (including phenoxy) is 1. The molecule has 2 unspecified atom stereocenters. The summed E-state index contributed by atoms with van der Waals surface area (Å²) >= 11 is 0. The molecule has 2 atom stereocenters. The van der Waals surface area contributed by atoms with Crippen molar-refractivity contribution in [1.29, 1.82) is 0 Å². The maximum Gasteiger partial charge on any atom is 0.0471 e. The molecule has 0 aromatic rings. The van der Waals surface area contributed by atoms with Gasteiger partial charge in [0.25, 0.3) is 0 Å². The summed E-state index contributed by atoms with van der Waals surface area (Å²) in [5, 5.41) is 0. The summed E-state index contributed by atoms with van der Waals surface area (Å²) in [6.07, 6.45) is 7.14. The normalized spacial score (nSPS) is 35.4. The van der Waals surface area contributed by atoms with Crippen molar-refractivity contribution >= 4 is 0 Å². The minimum absolute atomic E-state index is 0.302. The first kappa shape index (κ1) is 10.2. The fraction of sp³-hybridized carbons (Fsp3) is 0.833. The lowest BCUT2D eigenvalue weighted by Crippen LogP contribution is -2.28. The summed E-state index contributed by atoms with van der Waals surface area (Å²) in [5.41, 5.74) is 7.63. The molecule has 80 valence electrons. The van der Waals surface area contributed by atoms with Crippen LogP contribution in [0.4, 0.5) is 0 Å². The molecule has 0 radical (unpaired) electrons. The molecule has 14 heavy (non-hydrogen) atoms. The van der Waals surface area contributed by atoms with Crippen molar-refractivity contribution in [3.8, 4) is 0 Å². The van der Waals surface area contributed by atoms with Crippen LogP contribution in [0.25, 0.3) is 0 Å². The average molecular weight is 195 g/mol. The Hall–Kier alpha value is -0.340. The van der Waals surface area contributed by atoms with E-state index in [4.69, 9.17) is 10.5 Å². The van der Waals surface area contributed by atoms with Crippen LogP contribution in [-0.4, -0.2) is 19.3 Å². The van der Waals surface area contributed by atoms with Crippen molar-refractivity contribution in [2.75, 3.05) is 13.2 Å². The number of allylic oxidation sites excluding steroid dienone is 1. The van der Waals surface area contributed by atoms with Crippen molar-refractivity contribution in [3.05, 3.63) is 11.6 Å². The topological polar surface area (TPSA) is 35.2 Å². The second-order valence-electron chi connectivity index (χ2n) is 4.84. The van der Waals surface area contributed by atoms with Crippen molar-refractivity contribution in [2.24, 2.45) is 17.6 Å². The molecular formula is C12H21NO. The Morgan fingerprint density at radius 1 is 1.36 bits per heavy atom. The number of hydrogen-bond donors (Lipinski definition) is 1. The van der Waals surface area contributed by atoms with E-state index in [0.29, 0.717) is 6.04 Å². The van der Waals surface area contributed by atoms with E-state index in [1.54, 1.807) is 5.57 Å². The molecule has 0 saturated carbocycles. The zero-order valence-electron chi connectivity index (χ0n) is 9.04. The lowest BCUT2D eigenvalue weighted by atomic mass is 9.79. The van der Waals surface area contributed by atoms with Crippen molar-refractivity contribution < 1.29 is 4.74 Å². The molecule has 0 amide bonds. The molecule has 2 nitrogen and oxygen atoms in total. The summed E-state index contributed by atoms with van der Waals surface area (Å²) in [5.74, 6) is 1.53. The van der Waals surface area contributed by atoms with E-state index in [2.05, 4.69) is 13.0 Å². The monoisotopic (exact) mass is 195 g/mol. The second-order valence-corrected chi connectivity index (χ2v) is 4.84. The van der Waals surface area contributed by atoms with Gasteiger partial charge in [-0.1, -0.05) is 18.6 Å². The summed E-state index contributed by atoms with van der Waals surface area (Å²) < 4.78 is 5.39. The fourth-order valence-electron chi connectivity index (χ4n) is 2.73. The molecule has 2 N–H and O–H groups in total. The Kier molecular flexibility index (Phi) is 3.24. The maximum atomic E-state index is 6.01. The summed E-state index contributed by atoms with van der Waals surface area (Å²) in [7, 11) is 0. The molecule has 0 spiro atoms. The van der Waals surface area contributed by atoms with Crippen LogP contribution >= 0.6 is 0 Å². The highest BCUT2D eigenvalue weighted by Gasteiger charge is 2.24. The first-order chi connectivity index (χ1) is 6.75. The Bertz CT molecular complexity index is 218. The standard InChI is InChI=1S/C12H21NO/c1-9-6-11(8-12(13)7-9)10-2-4-14-5-3-10/h8-10,12H,2-7,13H2,1H3. The highest BCUT2D eigenvalue weighted by atomic mass is 16.5. The Morgan fingerprint density at radius 3 is 2.71 bits per heavy atom. The van der Waals surface area contributed by atoms with Gasteiger partial charge in [-0.05, 0) is 37.5 Å². The molecule has 1 aliphatic heterocycles. The summed E-state index contributed by atoms with van der Waals surface area (Å²) in [4.78, 5) is 0. The molecule has 1 fully saturated rings. The third kappa shape index (κ3) is 2.37. The third-order valence-corrected chi connectivity index (χ3v) is 3.43. The van der Waals surface area contributed by atoms with E-state index >= 15 is 0 Å². The summed E-state index contributed by atoms with van der Waals surface area (Å²) in [6, 6.07) is 0.302. The van der Waals surface area contributed by atoms with Gasteiger partial charge in [-0.2, -0.15) is 0 Å². The molecule has 0 bridgehead atoms. The molecular weight excluding hydrogens is 174 g/mol. The van der Waals surface area contributed by atoms with E-state index < -0.39 is 0 Å². The van der Waals surface area contributed by atoms with Crippen LogP contribution in [0.1, 0.15) is 32.6 Å². The molecule has 0 aromatic carbocycles. The second kappa shape index (κ2) is 4.45. The van der Waals surface area contributed by atoms with Gasteiger partial charge in [0.05, 0.1) is 0 Å². The van der Waals surface area contributed by atoms with E-state index in [0.717, 1.165) is 31.5 Å². The first-order valence-electron chi connectivity index (χ1n) is 5.79. The smallest absolute Gasteiger partial charge is 0.0471 e. The molecule has 2 rings (SSSR count). The van der Waals surface area contributed by atoms with E-state index in [1.807, 2.05) is 0 Å². The Balaban J connectivity index is 2.01. The predicted octanol–water partition coefficient (Wildman–Crippen LogP) is 2.10. The van der Waals surface area contributed by atoms with Crippen LogP contribution < -0.4 is 5.73 Å². The van der Waals surface area contributed by atoms with E-state index in [9.17, 15) is 0 Å². The first-order valence-corrected chi connectivity index (χ1v) is 5.79. The van der Waals surface area contributed by atoms with Gasteiger partial charge in [-0.25, -0.2) is 0 Å². The van der Waals surface area contributed by atoms with Gasteiger partial charge in [0, 0.05) is 19.3 Å². The molecule has 1 aliphatic carbocycles. The number of nitrogens with two attached hydrogens (primary N) is 1. The third-order valence-electron chi connectivity index (χ3n) is 3.43. The zero-order valence-corrected chi connectivity index (χ0v) is 9.04. The highest BCUT2D eigenvalue weighted by molar-refractivity contribution is 5.15. The minimum Gasteiger partial charge on any atom is -0.381 e. The molecule has 0 aromatic heterocycles. The Labute approximate surface area is 86.5 Å². The van der Waals surface area contributed by atoms with Crippen LogP contribution in [0, 0.1) is 11.8 Å². The zero-order chi connectivity index (χ0) is 9.97. The SMILES string of the molecule is CC1CC(C2CCOCC2)=CC(N)C1. The summed E-state index contributed by atoms with van der Waals surface area (Å²) in [6.45, 7) is 4.18. The average Bonchev–Trinajstić information content (AvgIpc) is 2.18. The lowest BCUT2D eigenvalue weighted by Gasteiger charge is -2.31. The van der Waals surface area contributed by atoms with Crippen molar-refractivity contribution in [2.45, 2.75) is 38.6 Å².